The van der Waals surface area contributed by atoms with E-state index in [9.17, 15) is 0 Å². The van der Waals surface area contributed by atoms with Crippen LogP contribution in [0.15, 0.2) is 0 Å². The first kappa shape index (κ1) is 29.2. The lowest BCUT2D eigenvalue weighted by molar-refractivity contribution is -0.0402. The second kappa shape index (κ2) is 8.76. The summed E-state index contributed by atoms with van der Waals surface area (Å²) in [5.41, 5.74) is 1.91. The number of rotatable bonds is 1. The van der Waals surface area contributed by atoms with E-state index in [1.807, 2.05) is 0 Å². The Bertz CT molecular complexity index is 368. The first-order valence-electron chi connectivity index (χ1n) is 11.0. The van der Waals surface area contributed by atoms with Crippen LogP contribution in [0, 0.1) is 22.2 Å². The number of hydrogen-bond donors (Lipinski definition) is 0. The first-order chi connectivity index (χ1) is 11.2. The van der Waals surface area contributed by atoms with Crippen molar-refractivity contribution in [2.45, 2.75) is 148 Å². The maximum absolute atomic E-state index is 2.56. The average molecular weight is 384 g/mol. The van der Waals surface area contributed by atoms with Crippen molar-refractivity contribution in [1.82, 2.24) is 4.90 Å². The van der Waals surface area contributed by atoms with Gasteiger partial charge in [0.1, 0.15) is 0 Å². The standard InChI is InChI=1S/C14H30.C12H27N/c1-12(2,3)10-11(13(4,5)6)14(7,8)9;1-10(2,3)13(11(4,5)6)12(7,8)9/h11H,10H2,1-9H3;1-9H3. The highest BCUT2D eigenvalue weighted by Gasteiger charge is 2.39. The molecule has 0 aliphatic rings. The van der Waals surface area contributed by atoms with Gasteiger partial charge >= 0.3 is 0 Å². The summed E-state index contributed by atoms with van der Waals surface area (Å²) >= 11 is 0. The van der Waals surface area contributed by atoms with E-state index < -0.39 is 0 Å². The van der Waals surface area contributed by atoms with E-state index in [-0.39, 0.29) is 16.6 Å². The Morgan fingerprint density at radius 3 is 0.704 bits per heavy atom. The van der Waals surface area contributed by atoms with Gasteiger partial charge in [-0.15, -0.1) is 0 Å². The van der Waals surface area contributed by atoms with Crippen LogP contribution < -0.4 is 0 Å². The quantitative estimate of drug-likeness (QED) is 0.437. The van der Waals surface area contributed by atoms with Gasteiger partial charge in [0, 0.05) is 16.6 Å². The van der Waals surface area contributed by atoms with Gasteiger partial charge in [-0.2, -0.15) is 0 Å². The highest BCUT2D eigenvalue weighted by atomic mass is 15.3. The topological polar surface area (TPSA) is 3.24 Å². The zero-order valence-corrected chi connectivity index (χ0v) is 22.7. The Hall–Kier alpha value is -0.0400. The highest BCUT2D eigenvalue weighted by Crippen LogP contribution is 2.46. The van der Waals surface area contributed by atoms with E-state index in [0.29, 0.717) is 16.2 Å². The Morgan fingerprint density at radius 2 is 0.667 bits per heavy atom. The lowest BCUT2D eigenvalue weighted by Crippen LogP contribution is -2.60. The maximum atomic E-state index is 2.56. The monoisotopic (exact) mass is 383 g/mol. The molecule has 0 bridgehead atoms. The summed E-state index contributed by atoms with van der Waals surface area (Å²) in [4.78, 5) is 2.56. The predicted molar refractivity (Wildman–Crippen MR) is 128 cm³/mol. The van der Waals surface area contributed by atoms with Crippen LogP contribution in [0.3, 0.4) is 0 Å². The Labute approximate surface area is 175 Å². The molecule has 166 valence electrons. The minimum atomic E-state index is 0.219. The molecule has 0 unspecified atom stereocenters. The van der Waals surface area contributed by atoms with Gasteiger partial charge in [-0.05, 0) is 90.9 Å². The normalized spacial score (nSPS) is 15.1. The highest BCUT2D eigenvalue weighted by molar-refractivity contribution is 4.94. The molecular formula is C26H57N. The molecular weight excluding hydrogens is 326 g/mol. The van der Waals surface area contributed by atoms with Crippen LogP contribution >= 0.6 is 0 Å². The fraction of sp³-hybridized carbons (Fsp3) is 1.00. The van der Waals surface area contributed by atoms with Crippen LogP contribution in [-0.2, 0) is 0 Å². The summed E-state index contributed by atoms with van der Waals surface area (Å²) in [5.74, 6) is 0.773. The van der Waals surface area contributed by atoms with Crippen LogP contribution in [0.2, 0.25) is 0 Å². The van der Waals surface area contributed by atoms with Crippen molar-refractivity contribution in [1.29, 1.82) is 0 Å². The van der Waals surface area contributed by atoms with Crippen molar-refractivity contribution in [3.05, 3.63) is 0 Å². The molecule has 0 aliphatic carbocycles. The van der Waals surface area contributed by atoms with Crippen molar-refractivity contribution in [3.63, 3.8) is 0 Å². The van der Waals surface area contributed by atoms with Crippen molar-refractivity contribution in [3.8, 4) is 0 Å². The second-order valence-corrected chi connectivity index (χ2v) is 14.9. The number of hydrogen-bond acceptors (Lipinski definition) is 1. The summed E-state index contributed by atoms with van der Waals surface area (Å²) in [6.45, 7) is 41.8. The molecule has 0 heterocycles. The third kappa shape index (κ3) is 12.2. The molecule has 1 nitrogen and oxygen atoms in total. The van der Waals surface area contributed by atoms with Gasteiger partial charge in [-0.25, -0.2) is 0 Å². The summed E-state index contributed by atoms with van der Waals surface area (Å²) in [6.07, 6.45) is 1.31. The molecule has 0 aliphatic heterocycles. The molecule has 27 heavy (non-hydrogen) atoms. The molecule has 0 saturated carbocycles. The molecule has 0 atom stereocenters. The van der Waals surface area contributed by atoms with Crippen LogP contribution in [0.25, 0.3) is 0 Å². The van der Waals surface area contributed by atoms with Crippen molar-refractivity contribution in [2.75, 3.05) is 0 Å². The predicted octanol–water partition coefficient (Wildman–Crippen LogP) is 8.81. The first-order valence-corrected chi connectivity index (χ1v) is 11.0. The molecule has 0 fully saturated rings. The van der Waals surface area contributed by atoms with Crippen molar-refractivity contribution < 1.29 is 0 Å². The van der Waals surface area contributed by atoms with E-state index in [1.54, 1.807) is 0 Å². The Kier molecular flexibility index (Phi) is 9.47. The van der Waals surface area contributed by atoms with Gasteiger partial charge in [-0.3, -0.25) is 4.90 Å². The van der Waals surface area contributed by atoms with Gasteiger partial charge in [-0.1, -0.05) is 62.3 Å². The van der Waals surface area contributed by atoms with E-state index in [1.165, 1.54) is 6.42 Å². The minimum Gasteiger partial charge on any atom is -0.289 e. The molecule has 0 N–H and O–H groups in total. The van der Waals surface area contributed by atoms with Gasteiger partial charge in [0.15, 0.2) is 0 Å². The Balaban J connectivity index is 0. The molecule has 0 amide bonds. The van der Waals surface area contributed by atoms with Crippen LogP contribution in [0.5, 0.6) is 0 Å². The van der Waals surface area contributed by atoms with Crippen LogP contribution in [0.4, 0.5) is 0 Å². The zero-order valence-electron chi connectivity index (χ0n) is 22.7. The van der Waals surface area contributed by atoms with Crippen molar-refractivity contribution in [2.24, 2.45) is 22.2 Å². The average Bonchev–Trinajstić information content (AvgIpc) is 2.14. The van der Waals surface area contributed by atoms with Gasteiger partial charge in [0.05, 0.1) is 0 Å². The molecule has 0 rings (SSSR count). The fourth-order valence-corrected chi connectivity index (χ4v) is 5.54. The van der Waals surface area contributed by atoms with Crippen LogP contribution in [-0.4, -0.2) is 21.5 Å². The van der Waals surface area contributed by atoms with E-state index >= 15 is 0 Å². The molecule has 0 spiro atoms. The lowest BCUT2D eigenvalue weighted by atomic mass is 9.61. The Morgan fingerprint density at radius 1 is 0.444 bits per heavy atom. The maximum Gasteiger partial charge on any atom is 0.0135 e. The lowest BCUT2D eigenvalue weighted by Gasteiger charge is -2.53. The fourth-order valence-electron chi connectivity index (χ4n) is 5.54. The molecule has 0 aromatic carbocycles. The molecule has 0 radical (unpaired) electrons. The van der Waals surface area contributed by atoms with Crippen LogP contribution in [0.1, 0.15) is 131 Å². The third-order valence-corrected chi connectivity index (χ3v) is 4.92. The summed E-state index contributed by atoms with van der Waals surface area (Å²) < 4.78 is 0. The largest absolute Gasteiger partial charge is 0.289 e. The molecule has 0 aromatic heterocycles. The SMILES string of the molecule is CC(C)(C)CC(C(C)(C)C)C(C)(C)C.CC(C)(C)N(C(C)(C)C)C(C)(C)C. The van der Waals surface area contributed by atoms with Gasteiger partial charge < -0.3 is 0 Å². The van der Waals surface area contributed by atoms with E-state index in [0.717, 1.165) is 5.92 Å². The molecule has 0 aromatic rings. The zero-order chi connectivity index (χ0) is 22.9. The van der Waals surface area contributed by atoms with E-state index in [2.05, 4.69) is 130 Å². The van der Waals surface area contributed by atoms with Gasteiger partial charge in [0.25, 0.3) is 0 Å². The molecule has 1 heteroatoms. The van der Waals surface area contributed by atoms with E-state index in [4.69, 9.17) is 0 Å². The number of nitrogens with zero attached hydrogens (tertiary/aromatic N) is 1. The van der Waals surface area contributed by atoms with Crippen molar-refractivity contribution >= 4 is 0 Å². The minimum absolute atomic E-state index is 0.219. The van der Waals surface area contributed by atoms with Gasteiger partial charge in [0.2, 0.25) is 0 Å². The third-order valence-electron chi connectivity index (χ3n) is 4.92. The summed E-state index contributed by atoms with van der Waals surface area (Å²) in [6, 6.07) is 0. The molecule has 0 saturated heterocycles. The second-order valence-electron chi connectivity index (χ2n) is 14.9. The summed E-state index contributed by atoms with van der Waals surface area (Å²) in [5, 5.41) is 0. The smallest absolute Gasteiger partial charge is 0.0135 e. The summed E-state index contributed by atoms with van der Waals surface area (Å²) in [7, 11) is 0.